The molecule has 13 rings (SSSR count). The van der Waals surface area contributed by atoms with Gasteiger partial charge in [-0.25, -0.2) is 15.0 Å². The Morgan fingerprint density at radius 3 is 1.82 bits per heavy atom. The molecule has 0 fully saturated rings. The topological polar surface area (TPSA) is 61.0 Å². The highest BCUT2D eigenvalue weighted by Gasteiger charge is 2.22. The van der Waals surface area contributed by atoms with E-state index in [2.05, 4.69) is 170 Å². The largest absolute Gasteiger partial charge is 0.457 e. The van der Waals surface area contributed by atoms with E-state index >= 15 is 0 Å². The molecule has 9 aromatic carbocycles. The number of fused-ring (bicyclic) bond motifs is 11. The van der Waals surface area contributed by atoms with Crippen LogP contribution in [0.3, 0.4) is 0 Å². The molecule has 0 amide bonds. The molecule has 0 atom stereocenters. The van der Waals surface area contributed by atoms with Gasteiger partial charge < -0.3 is 9.15 Å². The van der Waals surface area contributed by atoms with Crippen molar-refractivity contribution in [2.24, 2.45) is 0 Å². The van der Waals surface area contributed by atoms with E-state index in [-0.39, 0.29) is 0 Å². The SMILES string of the molecule is c1ccc(-c2nc(-c3cccc4c3sc3ccccc34)nc(-c3cccc4oc5ccc(-c6ccc7c(c6)Cc6ccccc6Oc6ccccc6Cc6ccccc6-7)cc5c34)n2)cc1. The van der Waals surface area contributed by atoms with Gasteiger partial charge in [0, 0.05) is 60.5 Å². The fourth-order valence-corrected chi connectivity index (χ4v) is 10.8. The molecule has 306 valence electrons. The van der Waals surface area contributed by atoms with Gasteiger partial charge in [-0.05, 0) is 87.0 Å². The Bertz CT molecular complexity index is 3830. The number of hydrogen-bond acceptors (Lipinski definition) is 6. The molecule has 0 unspecified atom stereocenters. The smallest absolute Gasteiger partial charge is 0.165 e. The first-order chi connectivity index (χ1) is 32.2. The van der Waals surface area contributed by atoms with Crippen molar-refractivity contribution in [3.8, 4) is 67.9 Å². The van der Waals surface area contributed by atoms with E-state index in [1.807, 2.05) is 30.3 Å². The lowest BCUT2D eigenvalue weighted by molar-refractivity contribution is 0.472. The number of para-hydroxylation sites is 2. The molecule has 0 saturated heterocycles. The zero-order valence-electron chi connectivity index (χ0n) is 35.0. The Morgan fingerprint density at radius 2 is 0.969 bits per heavy atom. The Hall–Kier alpha value is -8.19. The molecule has 12 aromatic rings. The van der Waals surface area contributed by atoms with Gasteiger partial charge in [-0.15, -0.1) is 11.3 Å². The van der Waals surface area contributed by atoms with Gasteiger partial charge in [0.2, 0.25) is 0 Å². The number of furan rings is 1. The number of benzene rings is 9. The Balaban J connectivity index is 0.974. The van der Waals surface area contributed by atoms with Crippen LogP contribution < -0.4 is 4.74 Å². The van der Waals surface area contributed by atoms with Gasteiger partial charge >= 0.3 is 0 Å². The highest BCUT2D eigenvalue weighted by atomic mass is 32.1. The maximum Gasteiger partial charge on any atom is 0.165 e. The third-order valence-corrected chi connectivity index (χ3v) is 13.9. The predicted octanol–water partition coefficient (Wildman–Crippen LogP) is 15.8. The van der Waals surface area contributed by atoms with Crippen LogP contribution in [0.2, 0.25) is 0 Å². The molecule has 0 radical (unpaired) electrons. The zero-order valence-corrected chi connectivity index (χ0v) is 35.8. The first-order valence-electron chi connectivity index (χ1n) is 21.9. The molecule has 3 aromatic heterocycles. The van der Waals surface area contributed by atoms with Crippen LogP contribution in [0, 0.1) is 0 Å². The molecule has 5 nitrogen and oxygen atoms in total. The van der Waals surface area contributed by atoms with E-state index in [0.29, 0.717) is 23.9 Å². The molecule has 1 aliphatic heterocycles. The normalized spacial score (nSPS) is 12.3. The second-order valence-corrected chi connectivity index (χ2v) is 17.7. The van der Waals surface area contributed by atoms with Crippen LogP contribution in [0.1, 0.15) is 22.3 Å². The molecular weight excluding hydrogens is 815 g/mol. The third-order valence-electron chi connectivity index (χ3n) is 12.7. The average Bonchev–Trinajstić information content (AvgIpc) is 3.93. The Kier molecular flexibility index (Phi) is 8.78. The first kappa shape index (κ1) is 37.4. The van der Waals surface area contributed by atoms with Crippen molar-refractivity contribution >= 4 is 53.4 Å². The lowest BCUT2D eigenvalue weighted by Crippen LogP contribution is -2.00. The fraction of sp³-hybridized carbons (Fsp3) is 0.0339. The minimum absolute atomic E-state index is 0.594. The van der Waals surface area contributed by atoms with Crippen molar-refractivity contribution in [3.63, 3.8) is 0 Å². The first-order valence-corrected chi connectivity index (χ1v) is 22.7. The van der Waals surface area contributed by atoms with E-state index in [1.165, 1.54) is 37.7 Å². The van der Waals surface area contributed by atoms with Crippen LogP contribution in [0.15, 0.2) is 205 Å². The number of thiophene rings is 1. The Labute approximate surface area is 378 Å². The summed E-state index contributed by atoms with van der Waals surface area (Å²) in [7, 11) is 0. The summed E-state index contributed by atoms with van der Waals surface area (Å²) in [4.78, 5) is 15.7. The van der Waals surface area contributed by atoms with Crippen LogP contribution in [-0.4, -0.2) is 15.0 Å². The molecule has 4 heterocycles. The predicted molar refractivity (Wildman–Crippen MR) is 266 cm³/mol. The van der Waals surface area contributed by atoms with Gasteiger partial charge in [-0.3, -0.25) is 0 Å². The molecular formula is C59H37N3O2S. The quantitative estimate of drug-likeness (QED) is 0.176. The summed E-state index contributed by atoms with van der Waals surface area (Å²) in [6.07, 6.45) is 1.47. The molecule has 0 aliphatic carbocycles. The van der Waals surface area contributed by atoms with Gasteiger partial charge in [0.05, 0.1) is 0 Å². The average molecular weight is 852 g/mol. The summed E-state index contributed by atoms with van der Waals surface area (Å²) >= 11 is 1.77. The molecule has 6 heteroatoms. The number of ether oxygens (including phenoxy) is 1. The fourth-order valence-electron chi connectivity index (χ4n) is 9.60. The summed E-state index contributed by atoms with van der Waals surface area (Å²) in [6, 6.07) is 70.3. The monoisotopic (exact) mass is 851 g/mol. The molecule has 0 bridgehead atoms. The second-order valence-electron chi connectivity index (χ2n) is 16.6. The molecule has 65 heavy (non-hydrogen) atoms. The third kappa shape index (κ3) is 6.49. The standard InChI is InChI=1S/C59H37N3O2S/c1-2-14-36(15-3-1)57-60-58(62-59(61-57)48-23-12-21-46-45-20-8-11-27-54(45)65-56(46)48)47-22-13-26-53-55(47)49-35-38(29-31-52(49)64-53)37-28-30-44-42(32-37)34-41-18-6-10-25-51(41)63-50-24-9-5-17-40(50)33-39-16-4-7-19-43(39)44/h1-32,35H,33-34H2. The van der Waals surface area contributed by atoms with Crippen molar-refractivity contribution in [1.29, 1.82) is 0 Å². The highest BCUT2D eigenvalue weighted by molar-refractivity contribution is 7.26. The lowest BCUT2D eigenvalue weighted by atomic mass is 9.88. The van der Waals surface area contributed by atoms with Crippen molar-refractivity contribution < 1.29 is 9.15 Å². The summed E-state index contributed by atoms with van der Waals surface area (Å²) in [6.45, 7) is 0. The van der Waals surface area contributed by atoms with Gasteiger partial charge in [-0.2, -0.15) is 0 Å². The maximum absolute atomic E-state index is 6.72. The van der Waals surface area contributed by atoms with Crippen LogP contribution in [0.4, 0.5) is 0 Å². The van der Waals surface area contributed by atoms with Crippen molar-refractivity contribution in [3.05, 3.63) is 222 Å². The lowest BCUT2D eigenvalue weighted by Gasteiger charge is -2.16. The Morgan fingerprint density at radius 1 is 0.369 bits per heavy atom. The van der Waals surface area contributed by atoms with Gasteiger partial charge in [0.15, 0.2) is 17.5 Å². The minimum atomic E-state index is 0.594. The maximum atomic E-state index is 6.72. The van der Waals surface area contributed by atoms with Gasteiger partial charge in [0.25, 0.3) is 0 Å². The van der Waals surface area contributed by atoms with Crippen LogP contribution in [-0.2, 0) is 12.8 Å². The number of aromatic nitrogens is 3. The summed E-state index contributed by atoms with van der Waals surface area (Å²) in [5.74, 6) is 3.61. The number of rotatable bonds is 4. The van der Waals surface area contributed by atoms with Crippen LogP contribution in [0.25, 0.3) is 98.5 Å². The summed E-state index contributed by atoms with van der Waals surface area (Å²) in [5, 5.41) is 4.40. The summed E-state index contributed by atoms with van der Waals surface area (Å²) in [5.41, 5.74) is 13.8. The van der Waals surface area contributed by atoms with E-state index in [1.54, 1.807) is 11.3 Å². The van der Waals surface area contributed by atoms with E-state index in [9.17, 15) is 0 Å². The molecule has 1 aliphatic rings. The number of hydrogen-bond donors (Lipinski definition) is 0. The minimum Gasteiger partial charge on any atom is -0.457 e. The number of nitrogens with zero attached hydrogens (tertiary/aromatic N) is 3. The highest BCUT2D eigenvalue weighted by Crippen LogP contribution is 2.43. The van der Waals surface area contributed by atoms with Crippen LogP contribution >= 0.6 is 11.3 Å². The van der Waals surface area contributed by atoms with E-state index in [0.717, 1.165) is 83.5 Å². The molecule has 0 N–H and O–H groups in total. The zero-order chi connectivity index (χ0) is 42.8. The van der Waals surface area contributed by atoms with E-state index < -0.39 is 0 Å². The molecule has 0 saturated carbocycles. The second kappa shape index (κ2) is 15.3. The molecule has 0 spiro atoms. The van der Waals surface area contributed by atoms with Crippen LogP contribution in [0.5, 0.6) is 11.5 Å². The summed E-state index contributed by atoms with van der Waals surface area (Å²) < 4.78 is 15.7. The van der Waals surface area contributed by atoms with Gasteiger partial charge in [0.1, 0.15) is 22.7 Å². The van der Waals surface area contributed by atoms with Gasteiger partial charge in [-0.1, -0.05) is 158 Å². The van der Waals surface area contributed by atoms with E-state index in [4.69, 9.17) is 24.1 Å². The van der Waals surface area contributed by atoms with Crippen molar-refractivity contribution in [2.45, 2.75) is 12.8 Å². The van der Waals surface area contributed by atoms with Crippen molar-refractivity contribution in [2.75, 3.05) is 0 Å². The van der Waals surface area contributed by atoms with Crippen molar-refractivity contribution in [1.82, 2.24) is 15.0 Å².